The summed E-state index contributed by atoms with van der Waals surface area (Å²) >= 11 is 1.41. The molecular formula is C21H23N7OS. The fourth-order valence-corrected chi connectivity index (χ4v) is 4.57. The molecule has 0 bridgehead atoms. The van der Waals surface area contributed by atoms with Crippen molar-refractivity contribution in [1.29, 1.82) is 0 Å². The molecule has 1 amide bonds. The van der Waals surface area contributed by atoms with Gasteiger partial charge in [-0.3, -0.25) is 9.78 Å². The summed E-state index contributed by atoms with van der Waals surface area (Å²) in [6.07, 6.45) is 10.7. The number of fused-ring (bicyclic) bond motifs is 1. The summed E-state index contributed by atoms with van der Waals surface area (Å²) < 4.78 is 1.77. The lowest BCUT2D eigenvalue weighted by Gasteiger charge is -2.30. The Morgan fingerprint density at radius 1 is 1.33 bits per heavy atom. The highest BCUT2D eigenvalue weighted by Gasteiger charge is 2.20. The van der Waals surface area contributed by atoms with Crippen LogP contribution in [0.5, 0.6) is 0 Å². The highest BCUT2D eigenvalue weighted by Crippen LogP contribution is 2.30. The van der Waals surface area contributed by atoms with Gasteiger partial charge in [0, 0.05) is 49.5 Å². The van der Waals surface area contributed by atoms with Crippen LogP contribution in [0.15, 0.2) is 36.1 Å². The zero-order chi connectivity index (χ0) is 20.5. The summed E-state index contributed by atoms with van der Waals surface area (Å²) in [6, 6.07) is 1.94. The minimum Gasteiger partial charge on any atom is -0.367 e. The number of carbonyl (C=O) groups excluding carboxylic acids is 1. The Balaban J connectivity index is 1.35. The van der Waals surface area contributed by atoms with E-state index in [2.05, 4.69) is 43.6 Å². The number of hydrogen-bond donors (Lipinski definition) is 2. The van der Waals surface area contributed by atoms with Gasteiger partial charge in [0.15, 0.2) is 0 Å². The molecule has 30 heavy (non-hydrogen) atoms. The Labute approximate surface area is 178 Å². The van der Waals surface area contributed by atoms with E-state index in [1.165, 1.54) is 16.9 Å². The Morgan fingerprint density at radius 3 is 3.03 bits per heavy atom. The zero-order valence-electron chi connectivity index (χ0n) is 16.7. The smallest absolute Gasteiger partial charge is 0.275 e. The monoisotopic (exact) mass is 421 g/mol. The van der Waals surface area contributed by atoms with Crippen molar-refractivity contribution in [2.45, 2.75) is 19.3 Å². The largest absolute Gasteiger partial charge is 0.367 e. The Morgan fingerprint density at radius 2 is 2.20 bits per heavy atom. The maximum atomic E-state index is 12.9. The first-order chi connectivity index (χ1) is 14.7. The van der Waals surface area contributed by atoms with E-state index < -0.39 is 0 Å². The van der Waals surface area contributed by atoms with E-state index in [1.807, 2.05) is 18.3 Å². The van der Waals surface area contributed by atoms with Crippen LogP contribution in [0.1, 0.15) is 41.0 Å². The number of allylic oxidation sites excluding steroid dienone is 1. The molecule has 1 atom stereocenters. The van der Waals surface area contributed by atoms with E-state index >= 15 is 0 Å². The van der Waals surface area contributed by atoms with Gasteiger partial charge in [-0.05, 0) is 24.5 Å². The second-order valence-corrected chi connectivity index (χ2v) is 8.39. The molecule has 8 nitrogen and oxygen atoms in total. The predicted molar refractivity (Wildman–Crippen MR) is 119 cm³/mol. The fraction of sp³-hybridized carbons (Fsp3) is 0.333. The number of pyridine rings is 1. The number of nitrogens with zero attached hydrogens (tertiary/aromatic N) is 5. The molecule has 4 heterocycles. The molecule has 1 fully saturated rings. The molecule has 3 aromatic heterocycles. The molecule has 0 saturated carbocycles. The molecule has 1 aliphatic heterocycles. The number of rotatable bonds is 4. The molecule has 3 aromatic rings. The van der Waals surface area contributed by atoms with Crippen molar-refractivity contribution in [3.63, 3.8) is 0 Å². The van der Waals surface area contributed by atoms with Crippen molar-refractivity contribution < 1.29 is 4.79 Å². The van der Waals surface area contributed by atoms with E-state index in [9.17, 15) is 4.79 Å². The van der Waals surface area contributed by atoms with Crippen LogP contribution < -0.4 is 15.5 Å². The third-order valence-corrected chi connectivity index (χ3v) is 6.32. The Hall–Kier alpha value is -3.04. The maximum absolute atomic E-state index is 12.9. The van der Waals surface area contributed by atoms with Crippen LogP contribution >= 0.6 is 11.3 Å². The average Bonchev–Trinajstić information content (AvgIpc) is 3.43. The van der Waals surface area contributed by atoms with Crippen LogP contribution in [0.25, 0.3) is 11.2 Å². The molecule has 1 aliphatic carbocycles. The van der Waals surface area contributed by atoms with Crippen LogP contribution in [0, 0.1) is 0 Å². The van der Waals surface area contributed by atoms with Gasteiger partial charge in [0.2, 0.25) is 5.13 Å². The van der Waals surface area contributed by atoms with E-state index in [-0.39, 0.29) is 5.91 Å². The van der Waals surface area contributed by atoms with E-state index in [1.54, 1.807) is 22.5 Å². The number of hydrogen-bond acceptors (Lipinski definition) is 7. The standard InChI is InChI=1S/C21H23N7OS/c1-14-3-2-4-16-15(14)12-28(26-16)21-25-18(13-30-21)20(29)24-17-11-23-6-5-19(17)27-9-7-22-8-10-27/h2,4-6,11-14,22H,3,7-10H2,1H3,(H,24,29). The lowest BCUT2D eigenvalue weighted by molar-refractivity contribution is 0.102. The molecule has 1 unspecified atom stereocenters. The first kappa shape index (κ1) is 19.0. The van der Waals surface area contributed by atoms with E-state index in [0.717, 1.165) is 44.0 Å². The summed E-state index contributed by atoms with van der Waals surface area (Å²) in [6.45, 7) is 5.83. The number of piperazine rings is 1. The van der Waals surface area contributed by atoms with Gasteiger partial charge in [-0.1, -0.05) is 13.0 Å². The van der Waals surface area contributed by atoms with Crippen molar-refractivity contribution in [3.05, 3.63) is 53.1 Å². The second-order valence-electron chi connectivity index (χ2n) is 7.55. The van der Waals surface area contributed by atoms with Crippen LogP contribution in [0.4, 0.5) is 11.4 Å². The first-order valence-electron chi connectivity index (χ1n) is 10.1. The quantitative estimate of drug-likeness (QED) is 0.674. The molecule has 9 heteroatoms. The van der Waals surface area contributed by atoms with Gasteiger partial charge in [-0.25, -0.2) is 9.67 Å². The summed E-state index contributed by atoms with van der Waals surface area (Å²) in [5, 5.41) is 13.4. The average molecular weight is 422 g/mol. The van der Waals surface area contributed by atoms with E-state index in [4.69, 9.17) is 0 Å². The van der Waals surface area contributed by atoms with Crippen molar-refractivity contribution in [2.24, 2.45) is 0 Å². The molecule has 5 rings (SSSR count). The van der Waals surface area contributed by atoms with Crippen LogP contribution in [-0.2, 0) is 0 Å². The molecule has 2 aliphatic rings. The lowest BCUT2D eigenvalue weighted by Crippen LogP contribution is -2.43. The molecule has 154 valence electrons. The van der Waals surface area contributed by atoms with Crippen LogP contribution in [-0.4, -0.2) is 51.8 Å². The number of carbonyl (C=O) groups is 1. The number of anilines is 2. The predicted octanol–water partition coefficient (Wildman–Crippen LogP) is 2.91. The summed E-state index contributed by atoms with van der Waals surface area (Å²) in [5.74, 6) is 0.197. The van der Waals surface area contributed by atoms with Crippen molar-refractivity contribution in [3.8, 4) is 5.13 Å². The number of aromatic nitrogens is 4. The Kier molecular flexibility index (Phi) is 5.06. The fourth-order valence-electron chi connectivity index (χ4n) is 3.84. The summed E-state index contributed by atoms with van der Waals surface area (Å²) in [7, 11) is 0. The van der Waals surface area contributed by atoms with Gasteiger partial charge in [0.05, 0.1) is 23.3 Å². The van der Waals surface area contributed by atoms with Gasteiger partial charge < -0.3 is 15.5 Å². The molecular weight excluding hydrogens is 398 g/mol. The third kappa shape index (κ3) is 3.61. The van der Waals surface area contributed by atoms with Gasteiger partial charge in [0.25, 0.3) is 5.91 Å². The van der Waals surface area contributed by atoms with Crippen LogP contribution in [0.3, 0.4) is 0 Å². The minimum atomic E-state index is -0.243. The second kappa shape index (κ2) is 8.00. The van der Waals surface area contributed by atoms with Crippen molar-refractivity contribution >= 4 is 34.7 Å². The lowest BCUT2D eigenvalue weighted by atomic mass is 9.94. The van der Waals surface area contributed by atoms with Crippen molar-refractivity contribution in [1.82, 2.24) is 25.1 Å². The van der Waals surface area contributed by atoms with Gasteiger partial charge in [-0.15, -0.1) is 11.3 Å². The summed E-state index contributed by atoms with van der Waals surface area (Å²) in [5.41, 5.74) is 4.26. The number of nitrogens with one attached hydrogen (secondary N) is 2. The van der Waals surface area contributed by atoms with Crippen molar-refractivity contribution in [2.75, 3.05) is 36.4 Å². The normalized spacial score (nSPS) is 18.3. The van der Waals surface area contributed by atoms with Gasteiger partial charge in [-0.2, -0.15) is 5.10 Å². The number of amides is 1. The topological polar surface area (TPSA) is 88.0 Å². The minimum absolute atomic E-state index is 0.243. The molecule has 2 N–H and O–H groups in total. The molecule has 1 saturated heterocycles. The maximum Gasteiger partial charge on any atom is 0.275 e. The highest BCUT2D eigenvalue weighted by atomic mass is 32.1. The van der Waals surface area contributed by atoms with Crippen LogP contribution in [0.2, 0.25) is 0 Å². The molecule has 0 aromatic carbocycles. The highest BCUT2D eigenvalue weighted by molar-refractivity contribution is 7.12. The molecule has 0 spiro atoms. The first-order valence-corrected chi connectivity index (χ1v) is 11.0. The molecule has 0 radical (unpaired) electrons. The summed E-state index contributed by atoms with van der Waals surface area (Å²) in [4.78, 5) is 23.8. The van der Waals surface area contributed by atoms with Gasteiger partial charge in [0.1, 0.15) is 5.69 Å². The van der Waals surface area contributed by atoms with Gasteiger partial charge >= 0.3 is 0 Å². The van der Waals surface area contributed by atoms with E-state index in [0.29, 0.717) is 22.4 Å². The SMILES string of the molecule is CC1CC=Cc2nn(-c3nc(C(=O)Nc4cnccc4N4CCNCC4)cs3)cc21. The number of thiazole rings is 1. The zero-order valence-corrected chi connectivity index (χ0v) is 17.5. The third-order valence-electron chi connectivity index (χ3n) is 5.49. The Bertz CT molecular complexity index is 1100.